The van der Waals surface area contributed by atoms with Crippen molar-refractivity contribution in [2.24, 2.45) is 5.73 Å². The summed E-state index contributed by atoms with van der Waals surface area (Å²) in [7, 11) is 0. The Labute approximate surface area is 170 Å². The number of aromatic nitrogens is 7. The van der Waals surface area contributed by atoms with Crippen LogP contribution in [0.1, 0.15) is 5.56 Å². The predicted octanol–water partition coefficient (Wildman–Crippen LogP) is 2.00. The average Bonchev–Trinajstić information content (AvgIpc) is 3.42. The molecule has 1 aromatic carbocycles. The van der Waals surface area contributed by atoms with Crippen LogP contribution in [0, 0.1) is 6.92 Å². The molecule has 3 heterocycles. The van der Waals surface area contributed by atoms with Gasteiger partial charge in [0, 0.05) is 17.7 Å². The Hall–Kier alpha value is -3.92. The molecule has 0 saturated heterocycles. The summed E-state index contributed by atoms with van der Waals surface area (Å²) < 4.78 is 15.3. The van der Waals surface area contributed by atoms with E-state index in [9.17, 15) is 9.18 Å². The number of pyridine rings is 1. The van der Waals surface area contributed by atoms with E-state index in [2.05, 4.69) is 25.3 Å². The maximum Gasteiger partial charge on any atom is 0.350 e. The van der Waals surface area contributed by atoms with Crippen molar-refractivity contribution in [2.75, 3.05) is 6.54 Å². The van der Waals surface area contributed by atoms with Gasteiger partial charge in [0.05, 0.1) is 30.5 Å². The molecule has 9 nitrogen and oxygen atoms in total. The molecule has 4 rings (SSSR count). The van der Waals surface area contributed by atoms with Gasteiger partial charge >= 0.3 is 5.69 Å². The second-order valence-electron chi connectivity index (χ2n) is 6.68. The van der Waals surface area contributed by atoms with Gasteiger partial charge < -0.3 is 5.73 Å². The molecule has 30 heavy (non-hydrogen) atoms. The highest BCUT2D eigenvalue weighted by molar-refractivity contribution is 5.70. The number of aryl methyl sites for hydroxylation is 1. The van der Waals surface area contributed by atoms with Crippen LogP contribution in [0.4, 0.5) is 4.39 Å². The number of hydrogen-bond donors (Lipinski definition) is 2. The minimum Gasteiger partial charge on any atom is -0.327 e. The lowest BCUT2D eigenvalue weighted by atomic mass is 10.0. The molecule has 0 aliphatic heterocycles. The Morgan fingerprint density at radius 2 is 2.10 bits per heavy atom. The quantitative estimate of drug-likeness (QED) is 0.505. The van der Waals surface area contributed by atoms with Crippen LogP contribution in [0.5, 0.6) is 0 Å². The largest absolute Gasteiger partial charge is 0.350 e. The average molecular weight is 406 g/mol. The van der Waals surface area contributed by atoms with Crippen LogP contribution >= 0.6 is 0 Å². The van der Waals surface area contributed by atoms with Crippen molar-refractivity contribution in [1.82, 2.24) is 34.5 Å². The number of rotatable bonds is 6. The smallest absolute Gasteiger partial charge is 0.327 e. The number of nitrogens with one attached hydrogen (secondary N) is 1. The van der Waals surface area contributed by atoms with E-state index in [-0.39, 0.29) is 18.7 Å². The zero-order valence-corrected chi connectivity index (χ0v) is 16.2. The molecule has 0 radical (unpaired) electrons. The topological polar surface area (TPSA) is 120 Å². The molecule has 0 spiro atoms. The molecule has 0 aliphatic carbocycles. The van der Waals surface area contributed by atoms with Crippen LogP contribution in [0.25, 0.3) is 28.3 Å². The van der Waals surface area contributed by atoms with E-state index in [1.54, 1.807) is 6.20 Å². The third kappa shape index (κ3) is 3.67. The molecule has 0 saturated carbocycles. The van der Waals surface area contributed by atoms with Crippen LogP contribution in [-0.2, 0) is 6.54 Å². The molecular formula is C20H19FN8O. The zero-order valence-electron chi connectivity index (χ0n) is 16.2. The van der Waals surface area contributed by atoms with E-state index >= 15 is 0 Å². The predicted molar refractivity (Wildman–Crippen MR) is 109 cm³/mol. The van der Waals surface area contributed by atoms with Crippen LogP contribution in [0.3, 0.4) is 0 Å². The number of hydrogen-bond acceptors (Lipinski definition) is 6. The van der Waals surface area contributed by atoms with Crippen molar-refractivity contribution in [3.63, 3.8) is 0 Å². The Morgan fingerprint density at radius 1 is 1.27 bits per heavy atom. The van der Waals surface area contributed by atoms with E-state index < -0.39 is 5.69 Å². The van der Waals surface area contributed by atoms with Crippen molar-refractivity contribution < 1.29 is 4.39 Å². The highest BCUT2D eigenvalue weighted by Crippen LogP contribution is 2.26. The molecule has 152 valence electrons. The minimum absolute atomic E-state index is 0.00263. The number of aromatic amines is 1. The monoisotopic (exact) mass is 406 g/mol. The maximum absolute atomic E-state index is 12.8. The highest BCUT2D eigenvalue weighted by Gasteiger charge is 2.12. The molecule has 3 aromatic heterocycles. The Balaban J connectivity index is 1.66. The fraction of sp³-hybridized carbons (Fsp3) is 0.150. The van der Waals surface area contributed by atoms with Crippen LogP contribution in [0.2, 0.25) is 0 Å². The van der Waals surface area contributed by atoms with Gasteiger partial charge in [-0.3, -0.25) is 10.1 Å². The van der Waals surface area contributed by atoms with Gasteiger partial charge in [-0.1, -0.05) is 18.2 Å². The van der Waals surface area contributed by atoms with Gasteiger partial charge in [0.2, 0.25) is 0 Å². The van der Waals surface area contributed by atoms with Gasteiger partial charge in [0.25, 0.3) is 0 Å². The van der Waals surface area contributed by atoms with Crippen molar-refractivity contribution in [3.8, 4) is 28.3 Å². The van der Waals surface area contributed by atoms with Gasteiger partial charge in [0.15, 0.2) is 5.82 Å². The summed E-state index contributed by atoms with van der Waals surface area (Å²) >= 11 is 0. The van der Waals surface area contributed by atoms with Crippen LogP contribution < -0.4 is 11.4 Å². The fourth-order valence-electron chi connectivity index (χ4n) is 3.11. The van der Waals surface area contributed by atoms with Gasteiger partial charge in [-0.2, -0.15) is 10.2 Å². The molecule has 10 heteroatoms. The zero-order chi connectivity index (χ0) is 21.1. The Morgan fingerprint density at radius 3 is 2.80 bits per heavy atom. The lowest BCUT2D eigenvalue weighted by molar-refractivity contribution is 0.612. The van der Waals surface area contributed by atoms with Gasteiger partial charge in [-0.25, -0.2) is 23.4 Å². The van der Waals surface area contributed by atoms with E-state index in [0.717, 1.165) is 27.1 Å². The molecule has 0 unspecified atom stereocenters. The lowest BCUT2D eigenvalue weighted by Crippen LogP contribution is -2.26. The molecular weight excluding hydrogens is 387 g/mol. The molecule has 0 aliphatic rings. The first-order valence-corrected chi connectivity index (χ1v) is 9.17. The lowest BCUT2D eigenvalue weighted by Gasteiger charge is -2.09. The van der Waals surface area contributed by atoms with E-state index in [1.807, 2.05) is 37.3 Å². The standard InChI is InChI=1S/C20H19FN8O/c1-13-5-17(28-12-26-29(20(28)30)10-14(7-21)8-22)9-23-18(13)15-3-2-4-16(6-15)19-24-11-25-27-19/h2-7,9,11-12H,8,10,22H2,1H3,(H,24,25,27)/b14-7+. The summed E-state index contributed by atoms with van der Waals surface area (Å²) in [6.45, 7) is 1.93. The molecule has 4 aromatic rings. The molecule has 3 N–H and O–H groups in total. The number of H-pyrrole nitrogens is 1. The summed E-state index contributed by atoms with van der Waals surface area (Å²) in [6, 6.07) is 9.60. The number of nitrogens with zero attached hydrogens (tertiary/aromatic N) is 6. The SMILES string of the molecule is Cc1cc(-n2cnn(C/C(=C/F)CN)c2=O)cnc1-c1cccc(-c2nc[nH]n2)c1. The Bertz CT molecular complexity index is 1260. The van der Waals surface area contributed by atoms with Crippen molar-refractivity contribution in [3.05, 3.63) is 77.1 Å². The van der Waals surface area contributed by atoms with E-state index in [4.69, 9.17) is 5.73 Å². The third-order valence-corrected chi connectivity index (χ3v) is 4.65. The normalized spacial score (nSPS) is 11.8. The maximum atomic E-state index is 12.8. The first-order chi connectivity index (χ1) is 14.6. The first-order valence-electron chi connectivity index (χ1n) is 9.17. The van der Waals surface area contributed by atoms with Crippen molar-refractivity contribution in [1.29, 1.82) is 0 Å². The summed E-state index contributed by atoms with van der Waals surface area (Å²) in [6.07, 6.45) is 4.91. The molecule has 0 bridgehead atoms. The van der Waals surface area contributed by atoms with Crippen molar-refractivity contribution in [2.45, 2.75) is 13.5 Å². The summed E-state index contributed by atoms with van der Waals surface area (Å²) in [5.74, 6) is 0.601. The second-order valence-corrected chi connectivity index (χ2v) is 6.68. The molecule has 0 atom stereocenters. The van der Waals surface area contributed by atoms with E-state index in [0.29, 0.717) is 17.8 Å². The summed E-state index contributed by atoms with van der Waals surface area (Å²) in [5, 5.41) is 10.8. The number of halogens is 1. The number of nitrogens with two attached hydrogens (primary N) is 1. The Kier molecular flexibility index (Phi) is 5.31. The van der Waals surface area contributed by atoms with Gasteiger partial charge in [-0.05, 0) is 30.2 Å². The van der Waals surface area contributed by atoms with Crippen LogP contribution in [0.15, 0.2) is 65.9 Å². The third-order valence-electron chi connectivity index (χ3n) is 4.65. The second kappa shape index (κ2) is 8.21. The molecule has 0 fully saturated rings. The van der Waals surface area contributed by atoms with Gasteiger partial charge in [-0.15, -0.1) is 0 Å². The first kappa shape index (κ1) is 19.4. The van der Waals surface area contributed by atoms with Crippen LogP contribution in [-0.4, -0.2) is 41.1 Å². The number of benzene rings is 1. The highest BCUT2D eigenvalue weighted by atomic mass is 19.1. The molecule has 0 amide bonds. The van der Waals surface area contributed by atoms with Gasteiger partial charge in [0.1, 0.15) is 12.7 Å². The summed E-state index contributed by atoms with van der Waals surface area (Å²) in [4.78, 5) is 21.3. The fourth-order valence-corrected chi connectivity index (χ4v) is 3.11. The minimum atomic E-state index is -0.400. The van der Waals surface area contributed by atoms with Crippen molar-refractivity contribution >= 4 is 0 Å². The van der Waals surface area contributed by atoms with E-state index in [1.165, 1.54) is 17.2 Å². The summed E-state index contributed by atoms with van der Waals surface area (Å²) in [5.41, 5.74) is 9.33.